The van der Waals surface area contributed by atoms with E-state index in [0.29, 0.717) is 12.3 Å². The van der Waals surface area contributed by atoms with Crippen LogP contribution in [0.25, 0.3) is 0 Å². The van der Waals surface area contributed by atoms with E-state index in [-0.39, 0.29) is 15.5 Å². The second kappa shape index (κ2) is 6.78. The number of carbonyl (C=O) groups excluding carboxylic acids is 1. The summed E-state index contributed by atoms with van der Waals surface area (Å²) >= 11 is 0. The maximum atomic E-state index is 10.7. The van der Waals surface area contributed by atoms with Crippen LogP contribution in [0.3, 0.4) is 0 Å². The first-order chi connectivity index (χ1) is 6.83. The van der Waals surface area contributed by atoms with Crippen molar-refractivity contribution in [2.75, 3.05) is 13.2 Å². The SMILES string of the molecule is C=CC(=O)OCC[SiH2]C1CCCCO1. The van der Waals surface area contributed by atoms with Crippen LogP contribution in [0.4, 0.5) is 0 Å². The molecule has 3 nitrogen and oxygen atoms in total. The second-order valence-corrected chi connectivity index (χ2v) is 5.70. The summed E-state index contributed by atoms with van der Waals surface area (Å²) in [4.78, 5) is 10.7. The van der Waals surface area contributed by atoms with Gasteiger partial charge in [0.25, 0.3) is 0 Å². The van der Waals surface area contributed by atoms with Crippen LogP contribution >= 0.6 is 0 Å². The molecule has 0 N–H and O–H groups in total. The van der Waals surface area contributed by atoms with Crippen molar-refractivity contribution in [3.8, 4) is 0 Å². The van der Waals surface area contributed by atoms with Crippen LogP contribution in [0, 0.1) is 0 Å². The zero-order valence-corrected chi connectivity index (χ0v) is 9.95. The molecule has 0 aromatic carbocycles. The summed E-state index contributed by atoms with van der Waals surface area (Å²) in [6.07, 6.45) is 4.92. The van der Waals surface area contributed by atoms with Crippen molar-refractivity contribution in [1.29, 1.82) is 0 Å². The van der Waals surface area contributed by atoms with Gasteiger partial charge in [0.15, 0.2) is 0 Å². The number of rotatable bonds is 5. The molecule has 1 unspecified atom stereocenters. The van der Waals surface area contributed by atoms with Gasteiger partial charge in [0.2, 0.25) is 0 Å². The third-order valence-corrected chi connectivity index (χ3v) is 4.34. The molecule has 4 heteroatoms. The minimum absolute atomic E-state index is 0.219. The van der Waals surface area contributed by atoms with Gasteiger partial charge in [0.05, 0.1) is 16.1 Å². The minimum Gasteiger partial charge on any atom is -0.463 e. The topological polar surface area (TPSA) is 35.5 Å². The lowest BCUT2D eigenvalue weighted by Gasteiger charge is -2.21. The third kappa shape index (κ3) is 4.57. The van der Waals surface area contributed by atoms with Crippen molar-refractivity contribution < 1.29 is 14.3 Å². The van der Waals surface area contributed by atoms with E-state index in [4.69, 9.17) is 9.47 Å². The van der Waals surface area contributed by atoms with E-state index >= 15 is 0 Å². The Morgan fingerprint density at radius 1 is 1.64 bits per heavy atom. The third-order valence-electron chi connectivity index (χ3n) is 2.36. The summed E-state index contributed by atoms with van der Waals surface area (Å²) in [5.41, 5.74) is 0.520. The van der Waals surface area contributed by atoms with Gasteiger partial charge in [-0.1, -0.05) is 6.58 Å². The summed E-state index contributed by atoms with van der Waals surface area (Å²) in [5, 5.41) is 0. The van der Waals surface area contributed by atoms with E-state index in [1.54, 1.807) is 0 Å². The zero-order chi connectivity index (χ0) is 10.2. The highest BCUT2D eigenvalue weighted by Gasteiger charge is 2.13. The van der Waals surface area contributed by atoms with Crippen LogP contribution in [-0.4, -0.2) is 34.4 Å². The molecule has 0 saturated carbocycles. The average molecular weight is 214 g/mol. The predicted octanol–water partition coefficient (Wildman–Crippen LogP) is 0.829. The minimum atomic E-state index is -0.316. The number of hydrogen-bond acceptors (Lipinski definition) is 3. The number of carbonyl (C=O) groups is 1. The molecule has 80 valence electrons. The lowest BCUT2D eigenvalue weighted by atomic mass is 10.2. The van der Waals surface area contributed by atoms with E-state index in [2.05, 4.69) is 6.58 Å². The molecule has 1 heterocycles. The number of hydrogen-bond donors (Lipinski definition) is 0. The Balaban J connectivity index is 1.97. The lowest BCUT2D eigenvalue weighted by Crippen LogP contribution is -2.26. The van der Waals surface area contributed by atoms with Gasteiger partial charge in [-0.25, -0.2) is 4.79 Å². The monoisotopic (exact) mass is 214 g/mol. The van der Waals surface area contributed by atoms with E-state index in [1.165, 1.54) is 25.3 Å². The van der Waals surface area contributed by atoms with Gasteiger partial charge in [-0.2, -0.15) is 0 Å². The maximum Gasteiger partial charge on any atom is 0.330 e. The van der Waals surface area contributed by atoms with Gasteiger partial charge in [0.1, 0.15) is 0 Å². The first kappa shape index (κ1) is 11.5. The fourth-order valence-electron chi connectivity index (χ4n) is 1.58. The molecule has 0 radical (unpaired) electrons. The fraction of sp³-hybridized carbons (Fsp3) is 0.700. The molecule has 0 bridgehead atoms. The van der Waals surface area contributed by atoms with E-state index < -0.39 is 0 Å². The number of ether oxygens (including phenoxy) is 2. The largest absolute Gasteiger partial charge is 0.463 e. The molecule has 1 atom stereocenters. The highest BCUT2D eigenvalue weighted by Crippen LogP contribution is 2.12. The van der Waals surface area contributed by atoms with Crippen molar-refractivity contribution in [3.05, 3.63) is 12.7 Å². The number of esters is 1. The summed E-state index contributed by atoms with van der Waals surface area (Å²) in [5.74, 6) is -0.316. The second-order valence-electron chi connectivity index (χ2n) is 3.50. The fourth-order valence-corrected chi connectivity index (χ4v) is 3.25. The Bertz CT molecular complexity index is 188. The molecule has 0 aliphatic carbocycles. The van der Waals surface area contributed by atoms with Gasteiger partial charge in [-0.05, 0) is 25.3 Å². The molecule has 0 spiro atoms. The van der Waals surface area contributed by atoms with E-state index in [9.17, 15) is 4.79 Å². The molecule has 1 aliphatic heterocycles. The van der Waals surface area contributed by atoms with Crippen LogP contribution in [-0.2, 0) is 14.3 Å². The van der Waals surface area contributed by atoms with Crippen molar-refractivity contribution in [1.82, 2.24) is 0 Å². The van der Waals surface area contributed by atoms with E-state index in [1.807, 2.05) is 0 Å². The van der Waals surface area contributed by atoms with Gasteiger partial charge in [0, 0.05) is 18.4 Å². The molecule has 14 heavy (non-hydrogen) atoms. The average Bonchev–Trinajstić information content (AvgIpc) is 2.25. The highest BCUT2D eigenvalue weighted by atomic mass is 28.2. The summed E-state index contributed by atoms with van der Waals surface area (Å²) < 4.78 is 10.5. The molecule has 1 aliphatic rings. The normalized spacial score (nSPS) is 22.4. The predicted molar refractivity (Wildman–Crippen MR) is 58.1 cm³/mol. The maximum absolute atomic E-state index is 10.7. The van der Waals surface area contributed by atoms with Crippen molar-refractivity contribution in [3.63, 3.8) is 0 Å². The Labute approximate surface area is 87.3 Å². The molecule has 1 fully saturated rings. The Hall–Kier alpha value is -0.613. The Morgan fingerprint density at radius 3 is 3.14 bits per heavy atom. The zero-order valence-electron chi connectivity index (χ0n) is 8.54. The Kier molecular flexibility index (Phi) is 5.55. The Morgan fingerprint density at radius 2 is 2.50 bits per heavy atom. The molecule has 1 saturated heterocycles. The highest BCUT2D eigenvalue weighted by molar-refractivity contribution is 6.37. The van der Waals surface area contributed by atoms with Gasteiger partial charge in [-0.15, -0.1) is 0 Å². The quantitative estimate of drug-likeness (QED) is 0.294. The van der Waals surface area contributed by atoms with Gasteiger partial charge < -0.3 is 9.47 Å². The molecular formula is C10H18O3Si. The smallest absolute Gasteiger partial charge is 0.330 e. The van der Waals surface area contributed by atoms with Crippen LogP contribution in [0.1, 0.15) is 19.3 Å². The van der Waals surface area contributed by atoms with E-state index in [0.717, 1.165) is 12.7 Å². The summed E-state index contributed by atoms with van der Waals surface area (Å²) in [7, 11) is -0.219. The van der Waals surface area contributed by atoms with Crippen molar-refractivity contribution >= 4 is 15.5 Å². The first-order valence-corrected chi connectivity index (χ1v) is 7.05. The van der Waals surface area contributed by atoms with Crippen LogP contribution in [0.2, 0.25) is 6.04 Å². The van der Waals surface area contributed by atoms with Crippen molar-refractivity contribution in [2.24, 2.45) is 0 Å². The standard InChI is InChI=1S/C10H18O3Si/c1-2-9(11)12-7-8-14-10-5-3-4-6-13-10/h2,10H,1,3-8,14H2. The van der Waals surface area contributed by atoms with Crippen molar-refractivity contribution in [2.45, 2.75) is 31.0 Å². The van der Waals surface area contributed by atoms with Crippen LogP contribution in [0.5, 0.6) is 0 Å². The van der Waals surface area contributed by atoms with Crippen LogP contribution in [0.15, 0.2) is 12.7 Å². The summed E-state index contributed by atoms with van der Waals surface area (Å²) in [6, 6.07) is 1.02. The summed E-state index contributed by atoms with van der Waals surface area (Å²) in [6.45, 7) is 4.80. The molecule has 0 aromatic heterocycles. The lowest BCUT2D eigenvalue weighted by molar-refractivity contribution is -0.137. The molecular weight excluding hydrogens is 196 g/mol. The van der Waals surface area contributed by atoms with Gasteiger partial charge in [-0.3, -0.25) is 0 Å². The molecule has 0 amide bonds. The first-order valence-electron chi connectivity index (χ1n) is 5.23. The molecule has 0 aromatic rings. The van der Waals surface area contributed by atoms with Gasteiger partial charge >= 0.3 is 5.97 Å². The molecule has 1 rings (SSSR count). The van der Waals surface area contributed by atoms with Crippen LogP contribution < -0.4 is 0 Å².